The molecular weight excluding hydrogens is 268 g/mol. The highest BCUT2D eigenvalue weighted by Crippen LogP contribution is 2.25. The summed E-state index contributed by atoms with van der Waals surface area (Å²) in [5.74, 6) is -0.417. The Morgan fingerprint density at radius 1 is 1.24 bits per heavy atom. The average Bonchev–Trinajstić information content (AvgIpc) is 2.74. The summed E-state index contributed by atoms with van der Waals surface area (Å²) in [6, 6.07) is 8.28. The van der Waals surface area contributed by atoms with E-state index in [0.717, 1.165) is 11.3 Å². The lowest BCUT2D eigenvalue weighted by molar-refractivity contribution is 0.0931. The minimum absolute atomic E-state index is 0.0864. The van der Waals surface area contributed by atoms with Gasteiger partial charge in [0, 0.05) is 18.8 Å². The van der Waals surface area contributed by atoms with Gasteiger partial charge in [0.15, 0.2) is 11.5 Å². The minimum Gasteiger partial charge on any atom is -0.504 e. The highest BCUT2D eigenvalue weighted by Gasteiger charge is 2.14. The largest absolute Gasteiger partial charge is 0.504 e. The van der Waals surface area contributed by atoms with Crippen molar-refractivity contribution in [2.75, 3.05) is 0 Å². The monoisotopic (exact) mass is 288 g/mol. The third-order valence-electron chi connectivity index (χ3n) is 3.56. The molecule has 0 aliphatic heterocycles. The molecule has 1 heterocycles. The van der Waals surface area contributed by atoms with E-state index in [1.54, 1.807) is 12.1 Å². The van der Waals surface area contributed by atoms with E-state index >= 15 is 0 Å². The second-order valence-corrected chi connectivity index (χ2v) is 5.32. The number of carbonyl (C=O) groups is 1. The van der Waals surface area contributed by atoms with Crippen molar-refractivity contribution in [3.63, 3.8) is 0 Å². The number of nitrogens with zero attached hydrogens (tertiary/aromatic N) is 1. The zero-order chi connectivity index (χ0) is 15.6. The number of aryl methyl sites for hydroxylation is 1. The molecule has 0 saturated heterocycles. The molecule has 1 aromatic carbocycles. The van der Waals surface area contributed by atoms with E-state index in [0.29, 0.717) is 12.1 Å². The van der Waals surface area contributed by atoms with E-state index in [4.69, 9.17) is 0 Å². The summed E-state index contributed by atoms with van der Waals surface area (Å²) in [6.45, 7) is 3.84. The SMILES string of the molecule is Cc1ccc(C(=O)N[C@@H](C)Cc2ccc(O)c(O)c2)n1C. The number of aromatic nitrogens is 1. The predicted octanol–water partition coefficient (Wildman–Crippen LogP) is 2.11. The Morgan fingerprint density at radius 2 is 1.95 bits per heavy atom. The maximum Gasteiger partial charge on any atom is 0.268 e. The molecule has 5 heteroatoms. The van der Waals surface area contributed by atoms with Crippen molar-refractivity contribution < 1.29 is 15.0 Å². The van der Waals surface area contributed by atoms with Gasteiger partial charge in [0.2, 0.25) is 0 Å². The molecule has 0 bridgehead atoms. The van der Waals surface area contributed by atoms with E-state index in [9.17, 15) is 15.0 Å². The van der Waals surface area contributed by atoms with Crippen LogP contribution in [0.3, 0.4) is 0 Å². The molecule has 0 saturated carbocycles. The Morgan fingerprint density at radius 3 is 2.52 bits per heavy atom. The summed E-state index contributed by atoms with van der Waals surface area (Å²) in [7, 11) is 1.85. The molecule has 1 amide bonds. The third kappa shape index (κ3) is 3.37. The highest BCUT2D eigenvalue weighted by molar-refractivity contribution is 5.93. The van der Waals surface area contributed by atoms with Crippen LogP contribution in [0.25, 0.3) is 0 Å². The van der Waals surface area contributed by atoms with Gasteiger partial charge in [0.05, 0.1) is 0 Å². The van der Waals surface area contributed by atoms with Gasteiger partial charge in [-0.1, -0.05) is 6.07 Å². The number of benzene rings is 1. The number of phenolic OH excluding ortho intramolecular Hbond substituents is 2. The molecule has 0 radical (unpaired) electrons. The highest BCUT2D eigenvalue weighted by atomic mass is 16.3. The van der Waals surface area contributed by atoms with E-state index in [2.05, 4.69) is 5.32 Å². The normalized spacial score (nSPS) is 12.1. The zero-order valence-electron chi connectivity index (χ0n) is 12.4. The standard InChI is InChI=1S/C16H20N2O3/c1-10(8-12-5-7-14(19)15(20)9-12)17-16(21)13-6-4-11(2)18(13)3/h4-7,9-10,19-20H,8H2,1-3H3,(H,17,21)/t10-/m0/s1. The Hall–Kier alpha value is -2.43. The summed E-state index contributed by atoms with van der Waals surface area (Å²) in [5.41, 5.74) is 2.49. The third-order valence-corrected chi connectivity index (χ3v) is 3.56. The molecular formula is C16H20N2O3. The first-order valence-electron chi connectivity index (χ1n) is 6.82. The van der Waals surface area contributed by atoms with Gasteiger partial charge in [0.25, 0.3) is 5.91 Å². The van der Waals surface area contributed by atoms with Crippen molar-refractivity contribution in [3.05, 3.63) is 47.3 Å². The molecule has 2 aromatic rings. The molecule has 21 heavy (non-hydrogen) atoms. The predicted molar refractivity (Wildman–Crippen MR) is 80.6 cm³/mol. The fourth-order valence-electron chi connectivity index (χ4n) is 2.24. The van der Waals surface area contributed by atoms with Gasteiger partial charge < -0.3 is 20.1 Å². The topological polar surface area (TPSA) is 74.5 Å². The van der Waals surface area contributed by atoms with Gasteiger partial charge in [-0.25, -0.2) is 0 Å². The van der Waals surface area contributed by atoms with Crippen LogP contribution < -0.4 is 5.32 Å². The average molecular weight is 288 g/mol. The van der Waals surface area contributed by atoms with Crippen LogP contribution in [0.4, 0.5) is 0 Å². The first-order valence-corrected chi connectivity index (χ1v) is 6.82. The number of phenols is 2. The van der Waals surface area contributed by atoms with Crippen LogP contribution in [-0.2, 0) is 13.5 Å². The van der Waals surface area contributed by atoms with Gasteiger partial charge in [0.1, 0.15) is 5.69 Å². The van der Waals surface area contributed by atoms with Crippen LogP contribution in [0, 0.1) is 6.92 Å². The second-order valence-electron chi connectivity index (χ2n) is 5.32. The smallest absolute Gasteiger partial charge is 0.268 e. The quantitative estimate of drug-likeness (QED) is 0.754. The molecule has 0 aliphatic carbocycles. The van der Waals surface area contributed by atoms with Crippen LogP contribution in [0.1, 0.15) is 28.7 Å². The molecule has 0 unspecified atom stereocenters. The summed E-state index contributed by atoms with van der Waals surface area (Å²) in [5, 5.41) is 21.7. The number of rotatable bonds is 4. The summed E-state index contributed by atoms with van der Waals surface area (Å²) in [6.07, 6.45) is 0.572. The van der Waals surface area contributed by atoms with Crippen LogP contribution in [0.15, 0.2) is 30.3 Å². The number of hydrogen-bond acceptors (Lipinski definition) is 3. The van der Waals surface area contributed by atoms with Crippen molar-refractivity contribution >= 4 is 5.91 Å². The molecule has 0 aliphatic rings. The van der Waals surface area contributed by atoms with Crippen LogP contribution in [0.2, 0.25) is 0 Å². The molecule has 1 atom stereocenters. The first kappa shape index (κ1) is 15.0. The van der Waals surface area contributed by atoms with Crippen molar-refractivity contribution in [1.82, 2.24) is 9.88 Å². The van der Waals surface area contributed by atoms with E-state index in [1.165, 1.54) is 12.1 Å². The van der Waals surface area contributed by atoms with Crippen molar-refractivity contribution in [3.8, 4) is 11.5 Å². The lowest BCUT2D eigenvalue weighted by atomic mass is 10.1. The molecule has 3 N–H and O–H groups in total. The van der Waals surface area contributed by atoms with E-state index in [-0.39, 0.29) is 23.4 Å². The maximum absolute atomic E-state index is 12.2. The second kappa shape index (κ2) is 5.91. The van der Waals surface area contributed by atoms with Gasteiger partial charge in [-0.05, 0) is 50.1 Å². The Bertz CT molecular complexity index is 662. The van der Waals surface area contributed by atoms with Gasteiger partial charge in [-0.15, -0.1) is 0 Å². The van der Waals surface area contributed by atoms with Crippen molar-refractivity contribution in [2.24, 2.45) is 7.05 Å². The Balaban J connectivity index is 2.01. The molecule has 1 aromatic heterocycles. The lowest BCUT2D eigenvalue weighted by Crippen LogP contribution is -2.35. The summed E-state index contributed by atoms with van der Waals surface area (Å²) in [4.78, 5) is 12.2. The minimum atomic E-state index is -0.149. The lowest BCUT2D eigenvalue weighted by Gasteiger charge is -2.15. The number of hydrogen-bond donors (Lipinski definition) is 3. The van der Waals surface area contributed by atoms with Gasteiger partial charge in [-0.2, -0.15) is 0 Å². The fourth-order valence-corrected chi connectivity index (χ4v) is 2.24. The Kier molecular flexibility index (Phi) is 4.21. The van der Waals surface area contributed by atoms with Crippen LogP contribution >= 0.6 is 0 Å². The summed E-state index contributed by atoms with van der Waals surface area (Å²) < 4.78 is 1.84. The fraction of sp³-hybridized carbons (Fsp3) is 0.312. The van der Waals surface area contributed by atoms with Gasteiger partial charge in [-0.3, -0.25) is 4.79 Å². The molecule has 0 fully saturated rings. The van der Waals surface area contributed by atoms with E-state index < -0.39 is 0 Å². The number of aromatic hydroxyl groups is 2. The van der Waals surface area contributed by atoms with Crippen LogP contribution in [-0.4, -0.2) is 26.7 Å². The number of carbonyl (C=O) groups excluding carboxylic acids is 1. The van der Waals surface area contributed by atoms with Crippen LogP contribution in [0.5, 0.6) is 11.5 Å². The molecule has 112 valence electrons. The zero-order valence-corrected chi connectivity index (χ0v) is 12.4. The maximum atomic E-state index is 12.2. The molecule has 0 spiro atoms. The van der Waals surface area contributed by atoms with Crippen molar-refractivity contribution in [2.45, 2.75) is 26.3 Å². The Labute approximate surface area is 123 Å². The molecule has 2 rings (SSSR count). The summed E-state index contributed by atoms with van der Waals surface area (Å²) >= 11 is 0. The van der Waals surface area contributed by atoms with Crippen molar-refractivity contribution in [1.29, 1.82) is 0 Å². The van der Waals surface area contributed by atoms with E-state index in [1.807, 2.05) is 31.5 Å². The first-order chi connectivity index (χ1) is 9.88. The molecule has 5 nitrogen and oxygen atoms in total. The number of amides is 1. The van der Waals surface area contributed by atoms with Gasteiger partial charge >= 0.3 is 0 Å². The number of nitrogens with one attached hydrogen (secondary N) is 1.